The first-order valence-corrected chi connectivity index (χ1v) is 8.37. The van der Waals surface area contributed by atoms with Crippen LogP contribution in [0, 0.1) is 0 Å². The minimum Gasteiger partial charge on any atom is -0.464 e. The zero-order chi connectivity index (χ0) is 16.9. The average molecular weight is 387 g/mol. The molecule has 10 heteroatoms. The molecule has 136 valence electrons. The molecular formula is C15H19ClN4O4S. The van der Waals surface area contributed by atoms with E-state index in [0.29, 0.717) is 36.2 Å². The standard InChI is InChI=1S/C15H18N4O4S.ClH/c1-22-14(21)11-4-9(6-17-11)12-8-24-15(18-12)19-13(20)5-10-7-23-3-2-16-10;/h4,6,8,10,16-17H,2-3,5,7H2,1H3,(H,18,19,20);1H. The van der Waals surface area contributed by atoms with Gasteiger partial charge in [0.2, 0.25) is 5.91 Å². The van der Waals surface area contributed by atoms with Gasteiger partial charge in [0, 0.05) is 36.1 Å². The normalized spacial score (nSPS) is 16.8. The predicted molar refractivity (Wildman–Crippen MR) is 96.3 cm³/mol. The van der Waals surface area contributed by atoms with Crippen molar-refractivity contribution in [3.8, 4) is 11.3 Å². The number of nitrogens with one attached hydrogen (secondary N) is 3. The highest BCUT2D eigenvalue weighted by molar-refractivity contribution is 7.14. The zero-order valence-electron chi connectivity index (χ0n) is 13.5. The molecule has 25 heavy (non-hydrogen) atoms. The van der Waals surface area contributed by atoms with Crippen LogP contribution in [0.3, 0.4) is 0 Å². The van der Waals surface area contributed by atoms with Gasteiger partial charge in [0.15, 0.2) is 5.13 Å². The number of aromatic nitrogens is 2. The number of esters is 1. The van der Waals surface area contributed by atoms with Crippen molar-refractivity contribution in [3.63, 3.8) is 0 Å². The third-order valence-corrected chi connectivity index (χ3v) is 4.32. The molecule has 3 N–H and O–H groups in total. The van der Waals surface area contributed by atoms with Crippen LogP contribution in [0.25, 0.3) is 11.3 Å². The van der Waals surface area contributed by atoms with Crippen molar-refractivity contribution in [2.75, 3.05) is 32.2 Å². The molecule has 1 unspecified atom stereocenters. The number of nitrogens with zero attached hydrogens (tertiary/aromatic N) is 1. The summed E-state index contributed by atoms with van der Waals surface area (Å²) in [5.41, 5.74) is 1.80. The molecule has 1 fully saturated rings. The minimum absolute atomic E-state index is 0. The lowest BCUT2D eigenvalue weighted by Crippen LogP contribution is -2.43. The van der Waals surface area contributed by atoms with Crippen molar-refractivity contribution in [3.05, 3.63) is 23.3 Å². The fourth-order valence-corrected chi connectivity index (χ4v) is 3.11. The highest BCUT2D eigenvalue weighted by atomic mass is 35.5. The van der Waals surface area contributed by atoms with Gasteiger partial charge in [-0.15, -0.1) is 23.7 Å². The maximum atomic E-state index is 12.1. The smallest absolute Gasteiger partial charge is 0.354 e. The van der Waals surface area contributed by atoms with Gasteiger partial charge in [-0.05, 0) is 6.07 Å². The molecule has 1 aliphatic rings. The van der Waals surface area contributed by atoms with E-state index < -0.39 is 5.97 Å². The van der Waals surface area contributed by atoms with Gasteiger partial charge in [-0.2, -0.15) is 0 Å². The fraction of sp³-hybridized carbons (Fsp3) is 0.400. The molecular weight excluding hydrogens is 368 g/mol. The van der Waals surface area contributed by atoms with Crippen LogP contribution >= 0.6 is 23.7 Å². The van der Waals surface area contributed by atoms with Gasteiger partial charge in [0.05, 0.1) is 26.0 Å². The number of H-pyrrole nitrogens is 1. The fourth-order valence-electron chi connectivity index (χ4n) is 2.38. The van der Waals surface area contributed by atoms with Crippen molar-refractivity contribution in [1.29, 1.82) is 0 Å². The van der Waals surface area contributed by atoms with Crippen molar-refractivity contribution >= 4 is 40.8 Å². The number of morpholine rings is 1. The largest absolute Gasteiger partial charge is 0.464 e. The summed E-state index contributed by atoms with van der Waals surface area (Å²) < 4.78 is 9.98. The van der Waals surface area contributed by atoms with Gasteiger partial charge in [-0.1, -0.05) is 0 Å². The van der Waals surface area contributed by atoms with Crippen molar-refractivity contribution < 1.29 is 19.1 Å². The topological polar surface area (TPSA) is 105 Å². The van der Waals surface area contributed by atoms with E-state index >= 15 is 0 Å². The highest BCUT2D eigenvalue weighted by Gasteiger charge is 2.18. The number of anilines is 1. The quantitative estimate of drug-likeness (QED) is 0.675. The van der Waals surface area contributed by atoms with Gasteiger partial charge < -0.3 is 25.1 Å². The van der Waals surface area contributed by atoms with Gasteiger partial charge in [0.1, 0.15) is 5.69 Å². The van der Waals surface area contributed by atoms with E-state index in [1.165, 1.54) is 18.4 Å². The third-order valence-electron chi connectivity index (χ3n) is 3.56. The van der Waals surface area contributed by atoms with Gasteiger partial charge in [-0.3, -0.25) is 4.79 Å². The Morgan fingerprint density at radius 2 is 2.36 bits per heavy atom. The molecule has 3 heterocycles. The van der Waals surface area contributed by atoms with Crippen molar-refractivity contribution in [1.82, 2.24) is 15.3 Å². The van der Waals surface area contributed by atoms with E-state index in [-0.39, 0.29) is 24.4 Å². The number of hydrogen-bond donors (Lipinski definition) is 3. The second-order valence-electron chi connectivity index (χ2n) is 5.31. The maximum absolute atomic E-state index is 12.1. The molecule has 1 saturated heterocycles. The van der Waals surface area contributed by atoms with Gasteiger partial charge >= 0.3 is 5.97 Å². The number of hydrogen-bond acceptors (Lipinski definition) is 7. The lowest BCUT2D eigenvalue weighted by atomic mass is 10.2. The molecule has 2 aromatic rings. The molecule has 0 aliphatic carbocycles. The number of thiazole rings is 1. The Hall–Kier alpha value is -1.94. The molecule has 2 aromatic heterocycles. The monoisotopic (exact) mass is 386 g/mol. The molecule has 0 saturated carbocycles. The average Bonchev–Trinajstić information content (AvgIpc) is 3.24. The minimum atomic E-state index is -0.438. The Kier molecular flexibility index (Phi) is 6.94. The van der Waals surface area contributed by atoms with Gasteiger partial charge in [0.25, 0.3) is 0 Å². The summed E-state index contributed by atoms with van der Waals surface area (Å²) >= 11 is 1.33. The molecule has 0 spiro atoms. The number of aromatic amines is 1. The molecule has 3 rings (SSSR count). The first kappa shape index (κ1) is 19.4. The Balaban J connectivity index is 0.00000225. The van der Waals surface area contributed by atoms with E-state index in [2.05, 4.69) is 25.3 Å². The summed E-state index contributed by atoms with van der Waals surface area (Å²) in [5.74, 6) is -0.546. The van der Waals surface area contributed by atoms with Crippen molar-refractivity contribution in [2.45, 2.75) is 12.5 Å². The number of carbonyl (C=O) groups is 2. The SMILES string of the molecule is COC(=O)c1cc(-c2csc(NC(=O)CC3COCCN3)n2)c[nH]1.Cl. The van der Waals surface area contributed by atoms with E-state index in [1.54, 1.807) is 12.3 Å². The first-order chi connectivity index (χ1) is 11.7. The predicted octanol–water partition coefficient (Wildman–Crippen LogP) is 1.66. The maximum Gasteiger partial charge on any atom is 0.354 e. The lowest BCUT2D eigenvalue weighted by molar-refractivity contribution is -0.117. The van der Waals surface area contributed by atoms with E-state index in [1.807, 2.05) is 5.38 Å². The summed E-state index contributed by atoms with van der Waals surface area (Å²) in [7, 11) is 1.32. The van der Waals surface area contributed by atoms with Crippen LogP contribution in [0.2, 0.25) is 0 Å². The summed E-state index contributed by atoms with van der Waals surface area (Å²) in [6.45, 7) is 1.98. The molecule has 8 nitrogen and oxygen atoms in total. The van der Waals surface area contributed by atoms with Crippen molar-refractivity contribution in [2.24, 2.45) is 0 Å². The van der Waals surface area contributed by atoms with E-state index in [4.69, 9.17) is 4.74 Å². The second kappa shape index (κ2) is 8.95. The van der Waals surface area contributed by atoms with Crippen LogP contribution in [0.5, 0.6) is 0 Å². The molecule has 1 atom stereocenters. The molecule has 1 amide bonds. The Bertz CT molecular complexity index is 727. The summed E-state index contributed by atoms with van der Waals surface area (Å²) in [6, 6.07) is 1.70. The first-order valence-electron chi connectivity index (χ1n) is 7.49. The van der Waals surface area contributed by atoms with Crippen LogP contribution < -0.4 is 10.6 Å². The van der Waals surface area contributed by atoms with Crippen LogP contribution in [-0.4, -0.2) is 54.8 Å². The number of carbonyl (C=O) groups excluding carboxylic acids is 2. The van der Waals surface area contributed by atoms with Gasteiger partial charge in [-0.25, -0.2) is 9.78 Å². The van der Waals surface area contributed by atoms with Crippen LogP contribution in [0.15, 0.2) is 17.6 Å². The summed E-state index contributed by atoms with van der Waals surface area (Å²) in [4.78, 5) is 30.7. The molecule has 0 bridgehead atoms. The number of ether oxygens (including phenoxy) is 2. The Morgan fingerprint density at radius 3 is 3.08 bits per heavy atom. The second-order valence-corrected chi connectivity index (χ2v) is 6.17. The van der Waals surface area contributed by atoms with Crippen LogP contribution in [0.1, 0.15) is 16.9 Å². The Labute approximate surface area is 154 Å². The number of rotatable bonds is 5. The lowest BCUT2D eigenvalue weighted by Gasteiger charge is -2.22. The Morgan fingerprint density at radius 1 is 1.52 bits per heavy atom. The van der Waals surface area contributed by atoms with Crippen LogP contribution in [0.4, 0.5) is 5.13 Å². The number of methoxy groups -OCH3 is 1. The van der Waals surface area contributed by atoms with Crippen LogP contribution in [-0.2, 0) is 14.3 Å². The van der Waals surface area contributed by atoms with E-state index in [0.717, 1.165) is 12.1 Å². The molecule has 0 aromatic carbocycles. The third kappa shape index (κ3) is 5.02. The molecule has 1 aliphatic heterocycles. The number of amides is 1. The summed E-state index contributed by atoms with van der Waals surface area (Å²) in [6.07, 6.45) is 2.02. The summed E-state index contributed by atoms with van der Waals surface area (Å²) in [5, 5.41) is 8.37. The van der Waals surface area contributed by atoms with E-state index in [9.17, 15) is 9.59 Å². The molecule has 0 radical (unpaired) electrons. The zero-order valence-corrected chi connectivity index (χ0v) is 15.2. The highest BCUT2D eigenvalue weighted by Crippen LogP contribution is 2.25. The number of halogens is 1.